The first-order chi connectivity index (χ1) is 12.4. The highest BCUT2D eigenvalue weighted by atomic mass is 16.6. The molecular weight excluding hydrogens is 336 g/mol. The van der Waals surface area contributed by atoms with Gasteiger partial charge in [-0.2, -0.15) is 0 Å². The van der Waals surface area contributed by atoms with E-state index in [9.17, 15) is 14.9 Å². The molecule has 0 radical (unpaired) electrons. The highest BCUT2D eigenvalue weighted by molar-refractivity contribution is 5.91. The number of ether oxygens (including phenoxy) is 2. The lowest BCUT2D eigenvalue weighted by Crippen LogP contribution is -2.20. The molecular formula is C19H22N2O5. The first-order valence-electron chi connectivity index (χ1n) is 8.34. The molecule has 2 rings (SSSR count). The van der Waals surface area contributed by atoms with E-state index in [-0.39, 0.29) is 18.2 Å². The third-order valence-electron chi connectivity index (χ3n) is 3.50. The number of rotatable bonds is 9. The maximum atomic E-state index is 11.9. The van der Waals surface area contributed by atoms with E-state index in [2.05, 4.69) is 19.2 Å². The lowest BCUT2D eigenvalue weighted by molar-refractivity contribution is -0.384. The number of hydrogen-bond donors (Lipinski definition) is 1. The minimum atomic E-state index is -0.495. The van der Waals surface area contributed by atoms with Crippen LogP contribution in [0.1, 0.15) is 20.3 Å². The van der Waals surface area contributed by atoms with Gasteiger partial charge < -0.3 is 14.8 Å². The number of non-ortho nitro benzene ring substituents is 1. The fourth-order valence-electron chi connectivity index (χ4n) is 2.08. The van der Waals surface area contributed by atoms with Crippen molar-refractivity contribution in [3.05, 3.63) is 58.6 Å². The van der Waals surface area contributed by atoms with Gasteiger partial charge in [0.1, 0.15) is 11.5 Å². The minimum absolute atomic E-state index is 0.0338. The summed E-state index contributed by atoms with van der Waals surface area (Å²) < 4.78 is 11.1. The van der Waals surface area contributed by atoms with E-state index < -0.39 is 4.92 Å². The summed E-state index contributed by atoms with van der Waals surface area (Å²) in [5.74, 6) is 1.44. The van der Waals surface area contributed by atoms with Crippen molar-refractivity contribution < 1.29 is 19.2 Å². The molecule has 1 N–H and O–H groups in total. The second-order valence-electron chi connectivity index (χ2n) is 6.15. The number of nitrogens with one attached hydrogen (secondary N) is 1. The van der Waals surface area contributed by atoms with Crippen LogP contribution in [0.3, 0.4) is 0 Å². The predicted octanol–water partition coefficient (Wildman–Crippen LogP) is 4.04. The molecule has 0 aliphatic rings. The number of amides is 1. The van der Waals surface area contributed by atoms with Crippen LogP contribution in [0.4, 0.5) is 11.4 Å². The number of hydrogen-bond acceptors (Lipinski definition) is 5. The van der Waals surface area contributed by atoms with Gasteiger partial charge in [0.25, 0.3) is 11.6 Å². The largest absolute Gasteiger partial charge is 0.493 e. The van der Waals surface area contributed by atoms with Crippen molar-refractivity contribution in [2.75, 3.05) is 18.5 Å². The first-order valence-corrected chi connectivity index (χ1v) is 8.34. The first kappa shape index (κ1) is 19.2. The molecule has 0 aromatic heterocycles. The Morgan fingerprint density at radius 1 is 1.12 bits per heavy atom. The smallest absolute Gasteiger partial charge is 0.269 e. The number of nitro benzene ring substituents is 1. The van der Waals surface area contributed by atoms with E-state index in [0.29, 0.717) is 29.7 Å². The van der Waals surface area contributed by atoms with Crippen LogP contribution < -0.4 is 14.8 Å². The van der Waals surface area contributed by atoms with Crippen LogP contribution >= 0.6 is 0 Å². The standard InChI is InChI=1S/C19H22N2O5/c1-14(2)10-11-25-17-4-3-5-18(12-17)26-13-19(22)20-15-6-8-16(9-7-15)21(23)24/h3-9,12,14H,10-11,13H2,1-2H3,(H,20,22). The molecule has 7 nitrogen and oxygen atoms in total. The third-order valence-corrected chi connectivity index (χ3v) is 3.50. The fraction of sp³-hybridized carbons (Fsp3) is 0.316. The van der Waals surface area contributed by atoms with Gasteiger partial charge in [0.05, 0.1) is 11.5 Å². The summed E-state index contributed by atoms with van der Waals surface area (Å²) in [6.45, 7) is 4.72. The topological polar surface area (TPSA) is 90.7 Å². The Labute approximate surface area is 152 Å². The van der Waals surface area contributed by atoms with Gasteiger partial charge in [0.2, 0.25) is 0 Å². The molecule has 138 valence electrons. The summed E-state index contributed by atoms with van der Waals surface area (Å²) in [6.07, 6.45) is 0.961. The molecule has 7 heteroatoms. The SMILES string of the molecule is CC(C)CCOc1cccc(OCC(=O)Nc2ccc([N+](=O)[O-])cc2)c1. The van der Waals surface area contributed by atoms with Crippen molar-refractivity contribution >= 4 is 17.3 Å². The number of nitro groups is 1. The number of carbonyl (C=O) groups is 1. The van der Waals surface area contributed by atoms with Crippen molar-refractivity contribution in [1.82, 2.24) is 0 Å². The summed E-state index contributed by atoms with van der Waals surface area (Å²) in [4.78, 5) is 22.0. The lowest BCUT2D eigenvalue weighted by atomic mass is 10.1. The Balaban J connectivity index is 1.82. The summed E-state index contributed by atoms with van der Waals surface area (Å²) in [7, 11) is 0. The summed E-state index contributed by atoms with van der Waals surface area (Å²) >= 11 is 0. The molecule has 0 saturated heterocycles. The Morgan fingerprint density at radius 2 is 1.77 bits per heavy atom. The van der Waals surface area contributed by atoms with E-state index in [0.717, 1.165) is 6.42 Å². The van der Waals surface area contributed by atoms with E-state index >= 15 is 0 Å². The van der Waals surface area contributed by atoms with Gasteiger partial charge in [-0.05, 0) is 36.6 Å². The molecule has 26 heavy (non-hydrogen) atoms. The average molecular weight is 358 g/mol. The van der Waals surface area contributed by atoms with Gasteiger partial charge in [-0.3, -0.25) is 14.9 Å². The number of nitrogens with zero attached hydrogens (tertiary/aromatic N) is 1. The molecule has 0 aliphatic heterocycles. The molecule has 0 saturated carbocycles. The lowest BCUT2D eigenvalue weighted by Gasteiger charge is -2.11. The Hall–Kier alpha value is -3.09. The third kappa shape index (κ3) is 6.43. The van der Waals surface area contributed by atoms with Crippen LogP contribution in [0.15, 0.2) is 48.5 Å². The summed E-state index contributed by atoms with van der Waals surface area (Å²) in [5.41, 5.74) is 0.434. The van der Waals surface area contributed by atoms with Crippen LogP contribution in [0.25, 0.3) is 0 Å². The molecule has 0 fully saturated rings. The molecule has 1 amide bonds. The average Bonchev–Trinajstić information content (AvgIpc) is 2.60. The molecule has 0 atom stereocenters. The molecule has 2 aromatic carbocycles. The zero-order valence-electron chi connectivity index (χ0n) is 14.8. The summed E-state index contributed by atoms with van der Waals surface area (Å²) in [6, 6.07) is 12.7. The molecule has 0 aliphatic carbocycles. The number of benzene rings is 2. The van der Waals surface area contributed by atoms with Crippen molar-refractivity contribution in [2.45, 2.75) is 20.3 Å². The van der Waals surface area contributed by atoms with Crippen molar-refractivity contribution in [2.24, 2.45) is 5.92 Å². The molecule has 0 heterocycles. The van der Waals surface area contributed by atoms with E-state index in [1.54, 1.807) is 18.2 Å². The highest BCUT2D eigenvalue weighted by Gasteiger charge is 2.08. The quantitative estimate of drug-likeness (QED) is 0.540. The van der Waals surface area contributed by atoms with Crippen LogP contribution in [-0.2, 0) is 4.79 Å². The molecule has 0 bridgehead atoms. The Morgan fingerprint density at radius 3 is 2.38 bits per heavy atom. The monoisotopic (exact) mass is 358 g/mol. The van der Waals surface area contributed by atoms with E-state index in [1.807, 2.05) is 6.07 Å². The van der Waals surface area contributed by atoms with Crippen LogP contribution in [0.5, 0.6) is 11.5 Å². The number of carbonyl (C=O) groups excluding carboxylic acids is 1. The van der Waals surface area contributed by atoms with Crippen LogP contribution in [-0.4, -0.2) is 24.0 Å². The van der Waals surface area contributed by atoms with Crippen molar-refractivity contribution in [3.8, 4) is 11.5 Å². The van der Waals surface area contributed by atoms with Gasteiger partial charge in [0, 0.05) is 23.9 Å². The van der Waals surface area contributed by atoms with Gasteiger partial charge in [-0.25, -0.2) is 0 Å². The zero-order valence-corrected chi connectivity index (χ0v) is 14.8. The second-order valence-corrected chi connectivity index (χ2v) is 6.15. The normalized spacial score (nSPS) is 10.4. The van der Waals surface area contributed by atoms with Gasteiger partial charge in [-0.15, -0.1) is 0 Å². The highest BCUT2D eigenvalue weighted by Crippen LogP contribution is 2.20. The minimum Gasteiger partial charge on any atom is -0.493 e. The van der Waals surface area contributed by atoms with Crippen LogP contribution in [0, 0.1) is 16.0 Å². The Kier molecular flexibility index (Phi) is 6.96. The van der Waals surface area contributed by atoms with E-state index in [1.165, 1.54) is 24.3 Å². The second kappa shape index (κ2) is 9.41. The molecule has 0 unspecified atom stereocenters. The zero-order chi connectivity index (χ0) is 18.9. The molecule has 2 aromatic rings. The summed E-state index contributed by atoms with van der Waals surface area (Å²) in [5, 5.41) is 13.2. The van der Waals surface area contributed by atoms with Gasteiger partial charge >= 0.3 is 0 Å². The predicted molar refractivity (Wildman–Crippen MR) is 98.6 cm³/mol. The van der Waals surface area contributed by atoms with Crippen molar-refractivity contribution in [1.29, 1.82) is 0 Å². The number of anilines is 1. The fourth-order valence-corrected chi connectivity index (χ4v) is 2.08. The molecule has 0 spiro atoms. The van der Waals surface area contributed by atoms with Gasteiger partial charge in [-0.1, -0.05) is 19.9 Å². The van der Waals surface area contributed by atoms with E-state index in [4.69, 9.17) is 9.47 Å². The maximum absolute atomic E-state index is 11.9. The Bertz CT molecular complexity index is 744. The maximum Gasteiger partial charge on any atom is 0.269 e. The van der Waals surface area contributed by atoms with Crippen LogP contribution in [0.2, 0.25) is 0 Å². The van der Waals surface area contributed by atoms with Crippen molar-refractivity contribution in [3.63, 3.8) is 0 Å². The van der Waals surface area contributed by atoms with Gasteiger partial charge in [0.15, 0.2) is 6.61 Å².